The molecule has 7 nitrogen and oxygen atoms in total. The third kappa shape index (κ3) is 4.71. The van der Waals surface area contributed by atoms with Crippen LogP contribution in [0.5, 0.6) is 0 Å². The molecular formula is C16H13BrN2O5S. The molecule has 2 heterocycles. The van der Waals surface area contributed by atoms with Gasteiger partial charge in [-0.05, 0) is 41.1 Å². The van der Waals surface area contributed by atoms with Crippen LogP contribution >= 0.6 is 27.3 Å². The van der Waals surface area contributed by atoms with Crippen LogP contribution in [0.2, 0.25) is 0 Å². The van der Waals surface area contributed by atoms with Gasteiger partial charge in [0, 0.05) is 11.6 Å². The van der Waals surface area contributed by atoms with Crippen molar-refractivity contribution in [2.45, 2.75) is 13.5 Å². The Bertz CT molecular complexity index is 862. The van der Waals surface area contributed by atoms with Crippen molar-refractivity contribution in [2.75, 3.05) is 12.3 Å². The average Bonchev–Trinajstić information content (AvgIpc) is 3.13. The molecule has 0 bridgehead atoms. The van der Waals surface area contributed by atoms with Gasteiger partial charge in [0.25, 0.3) is 0 Å². The molecule has 0 radical (unpaired) electrons. The fourth-order valence-corrected chi connectivity index (χ4v) is 3.10. The molecule has 0 unspecified atom stereocenters. The number of halogens is 1. The van der Waals surface area contributed by atoms with Crippen molar-refractivity contribution in [1.82, 2.24) is 0 Å². The SMILES string of the molecule is CCOC(=O)c1sc(N)c(C#N)c1COC(=O)/C=C/c1ccc(Br)o1. The third-order valence-electron chi connectivity index (χ3n) is 2.94. The summed E-state index contributed by atoms with van der Waals surface area (Å²) in [6, 6.07) is 5.26. The summed E-state index contributed by atoms with van der Waals surface area (Å²) in [5.41, 5.74) is 6.10. The first-order chi connectivity index (χ1) is 12.0. The molecule has 0 spiro atoms. The van der Waals surface area contributed by atoms with E-state index in [1.165, 1.54) is 12.2 Å². The van der Waals surface area contributed by atoms with Crippen molar-refractivity contribution < 1.29 is 23.5 Å². The van der Waals surface area contributed by atoms with E-state index in [-0.39, 0.29) is 34.2 Å². The largest absolute Gasteiger partial charge is 0.462 e. The van der Waals surface area contributed by atoms with Gasteiger partial charge in [-0.15, -0.1) is 11.3 Å². The van der Waals surface area contributed by atoms with Crippen LogP contribution in [0, 0.1) is 11.3 Å². The van der Waals surface area contributed by atoms with Gasteiger partial charge in [0.05, 0.1) is 12.2 Å². The molecule has 130 valence electrons. The zero-order valence-electron chi connectivity index (χ0n) is 13.1. The Balaban J connectivity index is 2.11. The summed E-state index contributed by atoms with van der Waals surface area (Å²) in [6.45, 7) is 1.58. The Labute approximate surface area is 155 Å². The van der Waals surface area contributed by atoms with E-state index in [0.29, 0.717) is 10.4 Å². The van der Waals surface area contributed by atoms with Crippen LogP contribution in [0.1, 0.15) is 33.5 Å². The molecule has 0 aliphatic heterocycles. The number of carbonyl (C=O) groups excluding carboxylic acids is 2. The monoisotopic (exact) mass is 424 g/mol. The van der Waals surface area contributed by atoms with E-state index in [0.717, 1.165) is 11.3 Å². The van der Waals surface area contributed by atoms with Crippen LogP contribution in [-0.4, -0.2) is 18.5 Å². The number of hydrogen-bond donors (Lipinski definition) is 1. The number of nitrogen functional groups attached to an aromatic ring is 1. The van der Waals surface area contributed by atoms with E-state index in [4.69, 9.17) is 19.6 Å². The van der Waals surface area contributed by atoms with Gasteiger partial charge < -0.3 is 19.6 Å². The number of rotatable bonds is 6. The predicted octanol–water partition coefficient (Wildman–Crippen LogP) is 3.49. The highest BCUT2D eigenvalue weighted by Gasteiger charge is 2.23. The van der Waals surface area contributed by atoms with Crippen LogP contribution < -0.4 is 5.73 Å². The number of nitrogens with two attached hydrogens (primary N) is 1. The third-order valence-corrected chi connectivity index (χ3v) is 4.41. The molecule has 2 rings (SSSR count). The minimum atomic E-state index is -0.656. The highest BCUT2D eigenvalue weighted by molar-refractivity contribution is 9.10. The number of carbonyl (C=O) groups is 2. The Morgan fingerprint density at radius 1 is 1.44 bits per heavy atom. The summed E-state index contributed by atoms with van der Waals surface area (Å²) >= 11 is 4.08. The van der Waals surface area contributed by atoms with E-state index >= 15 is 0 Å². The van der Waals surface area contributed by atoms with Crippen molar-refractivity contribution in [3.8, 4) is 6.07 Å². The second kappa shape index (κ2) is 8.50. The van der Waals surface area contributed by atoms with E-state index in [2.05, 4.69) is 15.9 Å². The molecule has 0 fully saturated rings. The lowest BCUT2D eigenvalue weighted by atomic mass is 10.1. The zero-order chi connectivity index (χ0) is 18.4. The van der Waals surface area contributed by atoms with E-state index in [1.54, 1.807) is 19.1 Å². The van der Waals surface area contributed by atoms with Crippen molar-refractivity contribution in [3.63, 3.8) is 0 Å². The fourth-order valence-electron chi connectivity index (χ4n) is 1.87. The number of thiophene rings is 1. The minimum absolute atomic E-state index is 0.111. The van der Waals surface area contributed by atoms with Gasteiger partial charge >= 0.3 is 11.9 Å². The van der Waals surface area contributed by atoms with Crippen molar-refractivity contribution in [1.29, 1.82) is 5.26 Å². The molecule has 2 aromatic rings. The highest BCUT2D eigenvalue weighted by atomic mass is 79.9. The predicted molar refractivity (Wildman–Crippen MR) is 94.6 cm³/mol. The molecule has 0 aromatic carbocycles. The molecule has 9 heteroatoms. The molecule has 0 saturated heterocycles. The Hall–Kier alpha value is -2.57. The quantitative estimate of drug-likeness (QED) is 0.556. The maximum atomic E-state index is 12.0. The molecular weight excluding hydrogens is 412 g/mol. The van der Waals surface area contributed by atoms with Crippen LogP contribution in [0.25, 0.3) is 6.08 Å². The molecule has 0 aliphatic carbocycles. The topological polar surface area (TPSA) is 116 Å². The number of esters is 2. The summed E-state index contributed by atoms with van der Waals surface area (Å²) in [5.74, 6) is -0.799. The molecule has 0 atom stereocenters. The number of ether oxygens (including phenoxy) is 2. The number of anilines is 1. The lowest BCUT2D eigenvalue weighted by Gasteiger charge is -2.05. The molecule has 2 N–H and O–H groups in total. The first kappa shape index (κ1) is 18.8. The van der Waals surface area contributed by atoms with Crippen LogP contribution in [-0.2, 0) is 20.9 Å². The smallest absolute Gasteiger partial charge is 0.348 e. The first-order valence-electron chi connectivity index (χ1n) is 7.04. The van der Waals surface area contributed by atoms with Crippen LogP contribution in [0.3, 0.4) is 0 Å². The van der Waals surface area contributed by atoms with Crippen LogP contribution in [0.15, 0.2) is 27.3 Å². The standard InChI is InChI=1S/C16H13BrN2O5S/c1-2-22-16(21)14-11(10(7-18)15(19)25-14)8-23-13(20)6-4-9-3-5-12(17)24-9/h3-6H,2,8,19H2,1H3/b6-4+. The fraction of sp³-hybridized carbons (Fsp3) is 0.188. The lowest BCUT2D eigenvalue weighted by Crippen LogP contribution is -2.08. The second-order valence-corrected chi connectivity index (χ2v) is 6.40. The molecule has 0 aliphatic rings. The number of nitriles is 1. The van der Waals surface area contributed by atoms with Gasteiger partial charge in [-0.2, -0.15) is 5.26 Å². The summed E-state index contributed by atoms with van der Waals surface area (Å²) in [7, 11) is 0. The molecule has 2 aromatic heterocycles. The van der Waals surface area contributed by atoms with Gasteiger partial charge in [-0.25, -0.2) is 9.59 Å². The van der Waals surface area contributed by atoms with E-state index in [1.807, 2.05) is 6.07 Å². The van der Waals surface area contributed by atoms with E-state index < -0.39 is 11.9 Å². The molecule has 0 amide bonds. The Morgan fingerprint density at radius 2 is 2.20 bits per heavy atom. The highest BCUT2D eigenvalue weighted by Crippen LogP contribution is 2.31. The van der Waals surface area contributed by atoms with Gasteiger partial charge in [0.15, 0.2) is 4.67 Å². The van der Waals surface area contributed by atoms with Crippen molar-refractivity contribution in [2.24, 2.45) is 0 Å². The minimum Gasteiger partial charge on any atom is -0.462 e. The number of furan rings is 1. The van der Waals surface area contributed by atoms with Gasteiger partial charge in [0.1, 0.15) is 28.3 Å². The zero-order valence-corrected chi connectivity index (χ0v) is 15.5. The summed E-state index contributed by atoms with van der Waals surface area (Å²) < 4.78 is 15.8. The number of nitrogens with zero attached hydrogens (tertiary/aromatic N) is 1. The second-order valence-electron chi connectivity index (χ2n) is 4.56. The van der Waals surface area contributed by atoms with Gasteiger partial charge in [-0.1, -0.05) is 0 Å². The Morgan fingerprint density at radius 3 is 2.80 bits per heavy atom. The van der Waals surface area contributed by atoms with Crippen molar-refractivity contribution in [3.05, 3.63) is 44.6 Å². The van der Waals surface area contributed by atoms with Crippen LogP contribution in [0.4, 0.5) is 5.00 Å². The molecule has 0 saturated carbocycles. The summed E-state index contributed by atoms with van der Waals surface area (Å²) in [6.07, 6.45) is 2.61. The average molecular weight is 425 g/mol. The summed E-state index contributed by atoms with van der Waals surface area (Å²) in [5, 5.41) is 9.37. The lowest BCUT2D eigenvalue weighted by molar-refractivity contribution is -0.138. The van der Waals surface area contributed by atoms with Gasteiger partial charge in [0.2, 0.25) is 0 Å². The van der Waals surface area contributed by atoms with E-state index in [9.17, 15) is 14.9 Å². The first-order valence-corrected chi connectivity index (χ1v) is 8.65. The van der Waals surface area contributed by atoms with Crippen molar-refractivity contribution >= 4 is 50.3 Å². The number of hydrogen-bond acceptors (Lipinski definition) is 8. The maximum Gasteiger partial charge on any atom is 0.348 e. The summed E-state index contributed by atoms with van der Waals surface area (Å²) in [4.78, 5) is 23.9. The Kier molecular flexibility index (Phi) is 6.38. The molecule has 25 heavy (non-hydrogen) atoms. The van der Waals surface area contributed by atoms with Gasteiger partial charge in [-0.3, -0.25) is 0 Å². The normalized spacial score (nSPS) is 10.6. The maximum absolute atomic E-state index is 12.0.